The van der Waals surface area contributed by atoms with E-state index in [4.69, 9.17) is 14.3 Å². The molecule has 0 bridgehead atoms. The number of hydroxylamine groups is 1. The molecule has 2 saturated heterocycles. The quantitative estimate of drug-likeness (QED) is 0.379. The second kappa shape index (κ2) is 13.1. The summed E-state index contributed by atoms with van der Waals surface area (Å²) < 4.78 is 25.3. The Morgan fingerprint density at radius 2 is 2.03 bits per heavy atom. The zero-order valence-electron chi connectivity index (χ0n) is 22.8. The number of aromatic nitrogens is 1. The molecule has 2 amide bonds. The number of rotatable bonds is 8. The summed E-state index contributed by atoms with van der Waals surface area (Å²) in [5.74, 6) is -0.205. The number of likely N-dealkylation sites (tertiary alicyclic amines) is 1. The van der Waals surface area contributed by atoms with Crippen molar-refractivity contribution in [1.82, 2.24) is 15.4 Å². The minimum Gasteiger partial charge on any atom is -0.443 e. The van der Waals surface area contributed by atoms with Crippen molar-refractivity contribution in [3.8, 4) is 0 Å². The number of benzene rings is 1. The van der Waals surface area contributed by atoms with Crippen molar-refractivity contribution < 1.29 is 28.3 Å². The Hall–Kier alpha value is -3.34. The number of pyridine rings is 1. The largest absolute Gasteiger partial charge is 0.443 e. The van der Waals surface area contributed by atoms with E-state index in [2.05, 4.69) is 15.4 Å². The van der Waals surface area contributed by atoms with Gasteiger partial charge in [-0.2, -0.15) is 0 Å². The Kier molecular flexibility index (Phi) is 9.66. The minimum atomic E-state index is -0.679. The van der Waals surface area contributed by atoms with Gasteiger partial charge in [-0.3, -0.25) is 14.6 Å². The number of anilines is 1. The van der Waals surface area contributed by atoms with E-state index < -0.39 is 23.9 Å². The monoisotopic (exact) mass is 540 g/mol. The molecule has 0 radical (unpaired) electrons. The van der Waals surface area contributed by atoms with Gasteiger partial charge < -0.3 is 9.47 Å². The molecule has 1 aromatic heterocycles. The number of carbonyl (C=O) groups excluding carboxylic acids is 2. The van der Waals surface area contributed by atoms with Gasteiger partial charge in [0.25, 0.3) is 5.91 Å². The molecule has 0 spiro atoms. The first-order chi connectivity index (χ1) is 18.7. The number of halogens is 1. The highest BCUT2D eigenvalue weighted by molar-refractivity contribution is 5.91. The fourth-order valence-electron chi connectivity index (χ4n) is 4.55. The highest BCUT2D eigenvalue weighted by Crippen LogP contribution is 2.26. The Bertz CT molecular complexity index is 1150. The summed E-state index contributed by atoms with van der Waals surface area (Å²) in [6.07, 6.45) is 7.07. The van der Waals surface area contributed by atoms with Crippen LogP contribution in [-0.2, 0) is 25.7 Å². The number of nitrogens with zero attached hydrogens (tertiary/aromatic N) is 3. The molecule has 3 heterocycles. The van der Waals surface area contributed by atoms with Gasteiger partial charge in [-0.25, -0.2) is 24.5 Å². The third kappa shape index (κ3) is 8.58. The predicted octanol–water partition coefficient (Wildman–Crippen LogP) is 4.82. The van der Waals surface area contributed by atoms with Crippen LogP contribution >= 0.6 is 0 Å². The first-order valence-corrected chi connectivity index (χ1v) is 13.4. The molecule has 2 aliphatic rings. The molecule has 0 aliphatic carbocycles. The molecular weight excluding hydrogens is 503 g/mol. The van der Waals surface area contributed by atoms with Gasteiger partial charge in [0.15, 0.2) is 6.29 Å². The van der Waals surface area contributed by atoms with Crippen LogP contribution < -0.4 is 10.4 Å². The van der Waals surface area contributed by atoms with Crippen LogP contribution in [0.3, 0.4) is 0 Å². The lowest BCUT2D eigenvalue weighted by Crippen LogP contribution is -2.45. The summed E-state index contributed by atoms with van der Waals surface area (Å²) in [6, 6.07) is 10.0. The topological polar surface area (TPSA) is 93.2 Å². The normalized spacial score (nSPS) is 20.2. The first-order valence-electron chi connectivity index (χ1n) is 13.4. The molecule has 210 valence electrons. The van der Waals surface area contributed by atoms with E-state index in [0.717, 1.165) is 19.3 Å². The van der Waals surface area contributed by atoms with Gasteiger partial charge in [-0.1, -0.05) is 18.2 Å². The fourth-order valence-corrected chi connectivity index (χ4v) is 4.55. The average Bonchev–Trinajstić information content (AvgIpc) is 3.36. The van der Waals surface area contributed by atoms with Crippen molar-refractivity contribution in [2.75, 3.05) is 24.6 Å². The van der Waals surface area contributed by atoms with E-state index in [9.17, 15) is 14.0 Å². The van der Waals surface area contributed by atoms with E-state index in [1.54, 1.807) is 41.4 Å². The van der Waals surface area contributed by atoms with Crippen molar-refractivity contribution >= 4 is 23.9 Å². The van der Waals surface area contributed by atoms with Gasteiger partial charge in [0.05, 0.1) is 6.04 Å². The van der Waals surface area contributed by atoms with Crippen molar-refractivity contribution in [3.05, 3.63) is 65.6 Å². The van der Waals surface area contributed by atoms with Crippen LogP contribution in [0.15, 0.2) is 48.7 Å². The first kappa shape index (κ1) is 28.7. The van der Waals surface area contributed by atoms with Gasteiger partial charge in [0, 0.05) is 50.5 Å². The Balaban J connectivity index is 1.41. The number of hydrogen-bond donors (Lipinski definition) is 1. The van der Waals surface area contributed by atoms with Crippen LogP contribution in [0, 0.1) is 5.82 Å². The van der Waals surface area contributed by atoms with Gasteiger partial charge in [-0.05, 0) is 69.9 Å². The maximum Gasteiger partial charge on any atom is 0.416 e. The second-order valence-electron chi connectivity index (χ2n) is 10.8. The van der Waals surface area contributed by atoms with Crippen LogP contribution in [0.5, 0.6) is 0 Å². The van der Waals surface area contributed by atoms with Gasteiger partial charge in [-0.15, -0.1) is 0 Å². The molecule has 1 unspecified atom stereocenters. The van der Waals surface area contributed by atoms with Crippen LogP contribution in [0.2, 0.25) is 0 Å². The smallest absolute Gasteiger partial charge is 0.416 e. The zero-order valence-corrected chi connectivity index (χ0v) is 22.8. The number of ether oxygens (including phenoxy) is 2. The summed E-state index contributed by atoms with van der Waals surface area (Å²) in [7, 11) is 0. The summed E-state index contributed by atoms with van der Waals surface area (Å²) >= 11 is 0. The second-order valence-corrected chi connectivity index (χ2v) is 10.8. The molecule has 2 fully saturated rings. The van der Waals surface area contributed by atoms with E-state index in [-0.39, 0.29) is 11.9 Å². The molecule has 39 heavy (non-hydrogen) atoms. The van der Waals surface area contributed by atoms with Gasteiger partial charge >= 0.3 is 6.09 Å². The maximum absolute atomic E-state index is 14.2. The van der Waals surface area contributed by atoms with Crippen LogP contribution in [-0.4, -0.2) is 59.5 Å². The SMILES string of the molecule is CC(C)(C)OC(=O)N(c1ccc(/C=C/C(=O)NOC2CCCCO2)cn1)[C@@H]1CCN(Cc2ccccc2F)C1. The summed E-state index contributed by atoms with van der Waals surface area (Å²) in [6.45, 7) is 7.81. The molecule has 10 heteroatoms. The van der Waals surface area contributed by atoms with Gasteiger partial charge in [0.2, 0.25) is 0 Å². The molecule has 1 aromatic carbocycles. The molecule has 1 N–H and O–H groups in total. The lowest BCUT2D eigenvalue weighted by atomic mass is 10.2. The van der Waals surface area contributed by atoms with Crippen LogP contribution in [0.4, 0.5) is 15.0 Å². The van der Waals surface area contributed by atoms with Crippen LogP contribution in [0.1, 0.15) is 57.6 Å². The highest BCUT2D eigenvalue weighted by atomic mass is 19.1. The molecule has 9 nitrogen and oxygen atoms in total. The number of hydrogen-bond acceptors (Lipinski definition) is 7. The van der Waals surface area contributed by atoms with E-state index in [1.165, 1.54) is 12.1 Å². The van der Waals surface area contributed by atoms with Crippen LogP contribution in [0.25, 0.3) is 6.08 Å². The molecular formula is C29H37FN4O5. The summed E-state index contributed by atoms with van der Waals surface area (Å²) in [5.41, 5.74) is 3.01. The third-order valence-corrected chi connectivity index (χ3v) is 6.43. The van der Waals surface area contributed by atoms with Crippen molar-refractivity contribution in [1.29, 1.82) is 0 Å². The molecule has 0 saturated carbocycles. The fraction of sp³-hybridized carbons (Fsp3) is 0.483. The number of carbonyl (C=O) groups is 2. The summed E-state index contributed by atoms with van der Waals surface area (Å²) in [5, 5.41) is 0. The Labute approximate surface area is 228 Å². The molecule has 2 aliphatic heterocycles. The lowest BCUT2D eigenvalue weighted by Gasteiger charge is -2.31. The van der Waals surface area contributed by atoms with Crippen molar-refractivity contribution in [3.63, 3.8) is 0 Å². The molecule has 2 aromatic rings. The number of amides is 2. The third-order valence-electron chi connectivity index (χ3n) is 6.43. The zero-order chi connectivity index (χ0) is 27.8. The Morgan fingerprint density at radius 3 is 2.72 bits per heavy atom. The minimum absolute atomic E-state index is 0.189. The van der Waals surface area contributed by atoms with Crippen molar-refractivity contribution in [2.45, 2.75) is 70.9 Å². The molecule has 4 rings (SSSR count). The standard InChI is InChI=1S/C29H37FN4O5/c1-29(2,3)38-28(36)34(23-15-16-33(20-23)19-22-8-4-5-9-24(22)30)25-13-11-21(18-31-25)12-14-26(35)32-39-27-10-6-7-17-37-27/h4-5,8-9,11-14,18,23,27H,6-7,10,15-17,19-20H2,1-3H3,(H,32,35)/b14-12+/t23-,27?/m1/s1. The summed E-state index contributed by atoms with van der Waals surface area (Å²) in [4.78, 5) is 38.9. The van der Waals surface area contributed by atoms with Gasteiger partial charge in [0.1, 0.15) is 17.2 Å². The van der Waals surface area contributed by atoms with Crippen molar-refractivity contribution in [2.24, 2.45) is 0 Å². The van der Waals surface area contributed by atoms with E-state index in [0.29, 0.717) is 49.6 Å². The lowest BCUT2D eigenvalue weighted by molar-refractivity contribution is -0.198. The van der Waals surface area contributed by atoms with E-state index >= 15 is 0 Å². The highest BCUT2D eigenvalue weighted by Gasteiger charge is 2.35. The average molecular weight is 541 g/mol. The number of nitrogens with one attached hydrogen (secondary N) is 1. The maximum atomic E-state index is 14.2. The molecule has 2 atom stereocenters. The predicted molar refractivity (Wildman–Crippen MR) is 145 cm³/mol. The Morgan fingerprint density at radius 1 is 1.21 bits per heavy atom. The van der Waals surface area contributed by atoms with E-state index in [1.807, 2.05) is 26.8 Å².